The molecule has 0 spiro atoms. The van der Waals surface area contributed by atoms with Crippen LogP contribution < -0.4 is 0 Å². The van der Waals surface area contributed by atoms with Crippen LogP contribution in [0.4, 0.5) is 0 Å². The Hall–Kier alpha value is -1.20. The highest BCUT2D eigenvalue weighted by atomic mass is 79.9. The van der Waals surface area contributed by atoms with Crippen LogP contribution in [0.3, 0.4) is 0 Å². The van der Waals surface area contributed by atoms with Crippen LogP contribution in [0.2, 0.25) is 0 Å². The number of hydrogen-bond donors (Lipinski definition) is 1. The van der Waals surface area contributed by atoms with Crippen LogP contribution >= 0.6 is 27.3 Å². The van der Waals surface area contributed by atoms with Crippen molar-refractivity contribution in [2.45, 2.75) is 26.7 Å². The molecule has 0 fully saturated rings. The fourth-order valence-corrected chi connectivity index (χ4v) is 3.01. The highest BCUT2D eigenvalue weighted by Crippen LogP contribution is 2.35. The van der Waals surface area contributed by atoms with E-state index in [2.05, 4.69) is 20.9 Å². The molecule has 1 aromatic heterocycles. The number of hydrogen-bond acceptors (Lipinski definition) is 3. The maximum atomic E-state index is 11.3. The lowest BCUT2D eigenvalue weighted by Crippen LogP contribution is -1.99. The number of aryl methyl sites for hydroxylation is 1. The predicted molar refractivity (Wildman–Crippen MR) is 81.0 cm³/mol. The fraction of sp³-hybridized carbons (Fsp3) is 0.286. The van der Waals surface area contributed by atoms with Crippen LogP contribution in [-0.4, -0.2) is 16.1 Å². The van der Waals surface area contributed by atoms with E-state index in [9.17, 15) is 9.90 Å². The number of halogens is 1. The Labute approximate surface area is 124 Å². The molecule has 0 bridgehead atoms. The number of aromatic carboxylic acids is 1. The average molecular weight is 340 g/mol. The number of carboxylic acid groups (broad SMARTS) is 1. The van der Waals surface area contributed by atoms with Gasteiger partial charge in [-0.1, -0.05) is 35.8 Å². The third-order valence-electron chi connectivity index (χ3n) is 2.76. The minimum atomic E-state index is -0.973. The molecular formula is C14H14BrNO2S. The van der Waals surface area contributed by atoms with Gasteiger partial charge in [0.25, 0.3) is 0 Å². The highest BCUT2D eigenvalue weighted by Gasteiger charge is 2.20. The van der Waals surface area contributed by atoms with E-state index < -0.39 is 5.97 Å². The average Bonchev–Trinajstić information content (AvgIpc) is 2.78. The van der Waals surface area contributed by atoms with E-state index in [1.807, 2.05) is 39.0 Å². The summed E-state index contributed by atoms with van der Waals surface area (Å²) >= 11 is 4.91. The first-order chi connectivity index (χ1) is 8.90. The minimum absolute atomic E-state index is 0.149. The molecular weight excluding hydrogens is 326 g/mol. The Kier molecular flexibility index (Phi) is 4.06. The molecule has 1 heterocycles. The van der Waals surface area contributed by atoms with Gasteiger partial charge < -0.3 is 5.11 Å². The van der Waals surface area contributed by atoms with Gasteiger partial charge in [0.1, 0.15) is 0 Å². The number of benzene rings is 1. The second-order valence-electron chi connectivity index (χ2n) is 4.65. The summed E-state index contributed by atoms with van der Waals surface area (Å²) < 4.78 is 1.02. The Bertz CT molecular complexity index is 634. The Morgan fingerprint density at radius 3 is 2.63 bits per heavy atom. The van der Waals surface area contributed by atoms with Crippen LogP contribution in [-0.2, 0) is 0 Å². The molecule has 19 heavy (non-hydrogen) atoms. The zero-order chi connectivity index (χ0) is 14.2. The summed E-state index contributed by atoms with van der Waals surface area (Å²) in [5.74, 6) is -0.743. The zero-order valence-electron chi connectivity index (χ0n) is 10.9. The van der Waals surface area contributed by atoms with Crippen molar-refractivity contribution >= 4 is 33.2 Å². The molecule has 0 aliphatic heterocycles. The SMILES string of the molecule is Cc1cc(-c2sc(C(C)C)nc2C(=O)O)ccc1Br. The Morgan fingerprint density at radius 2 is 2.11 bits per heavy atom. The fourth-order valence-electron chi connectivity index (χ4n) is 1.71. The predicted octanol–water partition coefficient (Wildman–Crippen LogP) is 4.70. The monoisotopic (exact) mass is 339 g/mol. The number of rotatable bonds is 3. The largest absolute Gasteiger partial charge is 0.476 e. The van der Waals surface area contributed by atoms with Gasteiger partial charge in [0, 0.05) is 10.4 Å². The van der Waals surface area contributed by atoms with Crippen molar-refractivity contribution in [3.05, 3.63) is 38.9 Å². The zero-order valence-corrected chi connectivity index (χ0v) is 13.3. The van der Waals surface area contributed by atoms with Gasteiger partial charge in [-0.2, -0.15) is 0 Å². The first-order valence-electron chi connectivity index (χ1n) is 5.90. The van der Waals surface area contributed by atoms with Crippen molar-refractivity contribution in [2.24, 2.45) is 0 Å². The summed E-state index contributed by atoms with van der Waals surface area (Å²) in [7, 11) is 0. The van der Waals surface area contributed by atoms with Crippen molar-refractivity contribution in [3.8, 4) is 10.4 Å². The lowest BCUT2D eigenvalue weighted by atomic mass is 10.1. The van der Waals surface area contributed by atoms with Gasteiger partial charge in [-0.3, -0.25) is 0 Å². The van der Waals surface area contributed by atoms with E-state index in [1.54, 1.807) is 0 Å². The van der Waals surface area contributed by atoms with Gasteiger partial charge in [-0.25, -0.2) is 9.78 Å². The molecule has 3 nitrogen and oxygen atoms in total. The number of thiazole rings is 1. The van der Waals surface area contributed by atoms with E-state index in [0.717, 1.165) is 25.5 Å². The molecule has 2 aromatic rings. The summed E-state index contributed by atoms with van der Waals surface area (Å²) in [4.78, 5) is 16.3. The van der Waals surface area contributed by atoms with Gasteiger partial charge in [-0.15, -0.1) is 11.3 Å². The van der Waals surface area contributed by atoms with Gasteiger partial charge in [0.15, 0.2) is 5.69 Å². The summed E-state index contributed by atoms with van der Waals surface area (Å²) in [5, 5.41) is 10.1. The normalized spacial score (nSPS) is 11.0. The summed E-state index contributed by atoms with van der Waals surface area (Å²) in [6.45, 7) is 6.01. The van der Waals surface area contributed by atoms with Crippen LogP contribution in [0.1, 0.15) is 40.8 Å². The molecule has 100 valence electrons. The Morgan fingerprint density at radius 1 is 1.42 bits per heavy atom. The molecule has 0 aliphatic rings. The molecule has 1 aromatic carbocycles. The van der Waals surface area contributed by atoms with E-state index in [0.29, 0.717) is 0 Å². The summed E-state index contributed by atoms with van der Waals surface area (Å²) in [6, 6.07) is 5.83. The minimum Gasteiger partial charge on any atom is -0.476 e. The number of carboxylic acids is 1. The number of nitrogens with zero attached hydrogens (tertiary/aromatic N) is 1. The van der Waals surface area contributed by atoms with E-state index in [-0.39, 0.29) is 11.6 Å². The third kappa shape index (κ3) is 2.87. The Balaban J connectivity index is 2.59. The number of carbonyl (C=O) groups is 1. The van der Waals surface area contributed by atoms with E-state index in [1.165, 1.54) is 11.3 Å². The van der Waals surface area contributed by atoms with Crippen molar-refractivity contribution < 1.29 is 9.90 Å². The number of aromatic nitrogens is 1. The molecule has 0 saturated heterocycles. The second-order valence-corrected chi connectivity index (χ2v) is 6.54. The first kappa shape index (κ1) is 14.2. The van der Waals surface area contributed by atoms with Crippen LogP contribution in [0.25, 0.3) is 10.4 Å². The van der Waals surface area contributed by atoms with Crippen molar-refractivity contribution in [2.75, 3.05) is 0 Å². The topological polar surface area (TPSA) is 50.2 Å². The van der Waals surface area contributed by atoms with Crippen molar-refractivity contribution in [1.29, 1.82) is 0 Å². The smallest absolute Gasteiger partial charge is 0.356 e. The second kappa shape index (κ2) is 5.43. The molecule has 5 heteroatoms. The third-order valence-corrected chi connectivity index (χ3v) is 5.06. The van der Waals surface area contributed by atoms with Crippen molar-refractivity contribution in [1.82, 2.24) is 4.98 Å². The maximum Gasteiger partial charge on any atom is 0.356 e. The van der Waals surface area contributed by atoms with Crippen LogP contribution in [0.5, 0.6) is 0 Å². The van der Waals surface area contributed by atoms with Crippen LogP contribution in [0.15, 0.2) is 22.7 Å². The molecule has 0 radical (unpaired) electrons. The molecule has 0 aliphatic carbocycles. The van der Waals surface area contributed by atoms with Gasteiger partial charge in [0.2, 0.25) is 0 Å². The highest BCUT2D eigenvalue weighted by molar-refractivity contribution is 9.10. The van der Waals surface area contributed by atoms with Gasteiger partial charge in [-0.05, 0) is 30.2 Å². The molecule has 0 atom stereocenters. The standard InChI is InChI=1S/C14H14BrNO2S/c1-7(2)13-16-11(14(17)18)12(19-13)9-4-5-10(15)8(3)6-9/h4-7H,1-3H3,(H,17,18). The molecule has 1 N–H and O–H groups in total. The quantitative estimate of drug-likeness (QED) is 0.881. The maximum absolute atomic E-state index is 11.3. The van der Waals surface area contributed by atoms with Crippen LogP contribution in [0, 0.1) is 6.92 Å². The van der Waals surface area contributed by atoms with Gasteiger partial charge in [0.05, 0.1) is 9.88 Å². The summed E-state index contributed by atoms with van der Waals surface area (Å²) in [6.07, 6.45) is 0. The lowest BCUT2D eigenvalue weighted by molar-refractivity contribution is 0.0692. The molecule has 0 saturated carbocycles. The molecule has 2 rings (SSSR count). The van der Waals surface area contributed by atoms with E-state index in [4.69, 9.17) is 0 Å². The lowest BCUT2D eigenvalue weighted by Gasteiger charge is -2.03. The first-order valence-corrected chi connectivity index (χ1v) is 7.51. The summed E-state index contributed by atoms with van der Waals surface area (Å²) in [5.41, 5.74) is 2.13. The van der Waals surface area contributed by atoms with Gasteiger partial charge >= 0.3 is 5.97 Å². The van der Waals surface area contributed by atoms with Crippen molar-refractivity contribution in [3.63, 3.8) is 0 Å². The molecule has 0 amide bonds. The molecule has 0 unspecified atom stereocenters. The van der Waals surface area contributed by atoms with E-state index >= 15 is 0 Å².